The first-order chi connectivity index (χ1) is 16.7. The molecule has 1 aliphatic rings. The smallest absolute Gasteiger partial charge is 0.407 e. The maximum Gasteiger partial charge on any atom is 0.407 e. The largest absolute Gasteiger partial charge is 0.459 e. The highest BCUT2D eigenvalue weighted by molar-refractivity contribution is 5.82. The van der Waals surface area contributed by atoms with E-state index in [9.17, 15) is 9.59 Å². The first-order valence-corrected chi connectivity index (χ1v) is 11.2. The van der Waals surface area contributed by atoms with Gasteiger partial charge >= 0.3 is 12.1 Å². The second-order valence-electron chi connectivity index (χ2n) is 8.00. The van der Waals surface area contributed by atoms with Crippen LogP contribution in [0, 0.1) is 0 Å². The second-order valence-corrected chi connectivity index (χ2v) is 8.00. The maximum atomic E-state index is 12.7. The van der Waals surface area contributed by atoms with Crippen LogP contribution in [-0.2, 0) is 25.7 Å². The zero-order chi connectivity index (χ0) is 23.8. The Morgan fingerprint density at radius 3 is 2.12 bits per heavy atom. The number of carbonyl (C=O) groups excluding carboxylic acids is 2. The number of hydrogen-bond acceptors (Lipinski definition) is 6. The lowest BCUT2D eigenvalue weighted by molar-refractivity contribution is -0.147. The molecule has 3 aromatic rings. The summed E-state index contributed by atoms with van der Waals surface area (Å²) in [6.45, 7) is 0.646. The van der Waals surface area contributed by atoms with E-state index in [1.807, 2.05) is 54.6 Å². The summed E-state index contributed by atoms with van der Waals surface area (Å²) >= 11 is 0. The van der Waals surface area contributed by atoms with Gasteiger partial charge in [0.2, 0.25) is 0 Å². The lowest BCUT2D eigenvalue weighted by atomic mass is 9.98. The fraction of sp³-hybridized carbons (Fsp3) is 0.259. The number of rotatable bonds is 10. The molecular formula is C27H28N2O5. The van der Waals surface area contributed by atoms with Crippen molar-refractivity contribution in [1.82, 2.24) is 10.8 Å². The Hall–Kier alpha value is -3.68. The minimum atomic E-state index is -0.873. The van der Waals surface area contributed by atoms with Crippen molar-refractivity contribution in [2.75, 3.05) is 20.3 Å². The predicted octanol–water partition coefficient (Wildman–Crippen LogP) is 4.18. The number of hydroxylamine groups is 1. The normalized spacial score (nSPS) is 13.0. The minimum absolute atomic E-state index is 0.0585. The van der Waals surface area contributed by atoms with Crippen molar-refractivity contribution in [2.45, 2.75) is 25.0 Å². The quantitative estimate of drug-likeness (QED) is 0.268. The summed E-state index contributed by atoms with van der Waals surface area (Å²) in [4.78, 5) is 30.2. The molecule has 0 unspecified atom stereocenters. The van der Waals surface area contributed by atoms with Gasteiger partial charge in [-0.2, -0.15) is 0 Å². The van der Waals surface area contributed by atoms with E-state index >= 15 is 0 Å². The highest BCUT2D eigenvalue weighted by Crippen LogP contribution is 2.44. The van der Waals surface area contributed by atoms with Crippen LogP contribution in [0.15, 0.2) is 78.9 Å². The molecule has 7 heteroatoms. The van der Waals surface area contributed by atoms with Crippen molar-refractivity contribution in [3.8, 4) is 11.1 Å². The van der Waals surface area contributed by atoms with Crippen LogP contribution < -0.4 is 10.8 Å². The van der Waals surface area contributed by atoms with Gasteiger partial charge in [-0.3, -0.25) is 0 Å². The van der Waals surface area contributed by atoms with E-state index < -0.39 is 18.1 Å². The van der Waals surface area contributed by atoms with Gasteiger partial charge in [-0.05, 0) is 34.2 Å². The fourth-order valence-electron chi connectivity index (χ4n) is 4.17. The molecule has 0 spiro atoms. The molecule has 2 N–H and O–H groups in total. The van der Waals surface area contributed by atoms with Crippen molar-refractivity contribution in [1.29, 1.82) is 0 Å². The maximum absolute atomic E-state index is 12.7. The average molecular weight is 461 g/mol. The summed E-state index contributed by atoms with van der Waals surface area (Å²) in [6.07, 6.45) is -0.382. The third-order valence-electron chi connectivity index (χ3n) is 5.82. The molecule has 1 aliphatic carbocycles. The molecule has 176 valence electrons. The Morgan fingerprint density at radius 1 is 0.853 bits per heavy atom. The SMILES string of the molecule is CONCC[C@H](NC(=O)OCC1c2ccccc2-c2ccccc21)C(=O)OCc1ccccc1. The van der Waals surface area contributed by atoms with Crippen LogP contribution in [-0.4, -0.2) is 38.4 Å². The van der Waals surface area contributed by atoms with Crippen LogP contribution in [0.1, 0.15) is 29.0 Å². The van der Waals surface area contributed by atoms with Gasteiger partial charge in [0, 0.05) is 12.5 Å². The third kappa shape index (κ3) is 5.62. The van der Waals surface area contributed by atoms with Gasteiger partial charge in [0.1, 0.15) is 19.3 Å². The first kappa shape index (κ1) is 23.5. The van der Waals surface area contributed by atoms with E-state index in [1.54, 1.807) is 0 Å². The third-order valence-corrected chi connectivity index (χ3v) is 5.82. The lowest BCUT2D eigenvalue weighted by Gasteiger charge is -2.19. The molecule has 0 heterocycles. The Bertz CT molecular complexity index is 1070. The van der Waals surface area contributed by atoms with Gasteiger partial charge < -0.3 is 19.6 Å². The van der Waals surface area contributed by atoms with Gasteiger partial charge in [0.05, 0.1) is 7.11 Å². The summed E-state index contributed by atoms with van der Waals surface area (Å²) < 4.78 is 11.0. The van der Waals surface area contributed by atoms with Crippen LogP contribution in [0.3, 0.4) is 0 Å². The van der Waals surface area contributed by atoms with Gasteiger partial charge in [-0.25, -0.2) is 15.1 Å². The number of carbonyl (C=O) groups is 2. The van der Waals surface area contributed by atoms with Crippen LogP contribution in [0.5, 0.6) is 0 Å². The van der Waals surface area contributed by atoms with Gasteiger partial charge in [-0.1, -0.05) is 78.9 Å². The molecule has 4 rings (SSSR count). The molecule has 34 heavy (non-hydrogen) atoms. The molecule has 0 radical (unpaired) electrons. The molecule has 0 saturated heterocycles. The molecule has 1 atom stereocenters. The van der Waals surface area contributed by atoms with Gasteiger partial charge in [-0.15, -0.1) is 0 Å². The number of fused-ring (bicyclic) bond motifs is 3. The van der Waals surface area contributed by atoms with E-state index in [2.05, 4.69) is 35.1 Å². The summed E-state index contributed by atoms with van der Waals surface area (Å²) in [5, 5.41) is 2.65. The van der Waals surface area contributed by atoms with E-state index in [0.29, 0.717) is 6.54 Å². The predicted molar refractivity (Wildman–Crippen MR) is 128 cm³/mol. The standard InChI is InChI=1S/C27H28N2O5/c1-32-28-16-15-25(26(30)33-17-19-9-3-2-4-10-19)29-27(31)34-18-24-22-13-7-5-11-20(22)21-12-6-8-14-23(21)24/h2-14,24-25,28H,15-18H2,1H3,(H,29,31)/t25-/m0/s1. The number of esters is 1. The molecule has 0 bridgehead atoms. The second kappa shape index (κ2) is 11.4. The molecule has 7 nitrogen and oxygen atoms in total. The van der Waals surface area contributed by atoms with Crippen molar-refractivity contribution >= 4 is 12.1 Å². The van der Waals surface area contributed by atoms with Crippen LogP contribution in [0.25, 0.3) is 11.1 Å². The van der Waals surface area contributed by atoms with Crippen molar-refractivity contribution in [2.24, 2.45) is 0 Å². The van der Waals surface area contributed by atoms with E-state index in [1.165, 1.54) is 7.11 Å². The summed E-state index contributed by atoms with van der Waals surface area (Å²) in [5.41, 5.74) is 8.10. The molecule has 1 amide bonds. The van der Waals surface area contributed by atoms with Crippen LogP contribution in [0.2, 0.25) is 0 Å². The minimum Gasteiger partial charge on any atom is -0.459 e. The molecule has 0 aliphatic heterocycles. The zero-order valence-corrected chi connectivity index (χ0v) is 19.0. The van der Waals surface area contributed by atoms with E-state index in [0.717, 1.165) is 27.8 Å². The topological polar surface area (TPSA) is 85.9 Å². The first-order valence-electron chi connectivity index (χ1n) is 11.2. The van der Waals surface area contributed by atoms with Crippen molar-refractivity contribution in [3.05, 3.63) is 95.6 Å². The number of amides is 1. The molecule has 0 saturated carbocycles. The molecule has 3 aromatic carbocycles. The van der Waals surface area contributed by atoms with Crippen LogP contribution >= 0.6 is 0 Å². The summed E-state index contributed by atoms with van der Waals surface area (Å²) in [5.74, 6) is -0.591. The average Bonchev–Trinajstić information content (AvgIpc) is 3.20. The number of benzene rings is 3. The Morgan fingerprint density at radius 2 is 1.47 bits per heavy atom. The lowest BCUT2D eigenvalue weighted by Crippen LogP contribution is -2.44. The van der Waals surface area contributed by atoms with Crippen molar-refractivity contribution in [3.63, 3.8) is 0 Å². The molecule has 0 aromatic heterocycles. The fourth-order valence-corrected chi connectivity index (χ4v) is 4.17. The zero-order valence-electron chi connectivity index (χ0n) is 19.0. The highest BCUT2D eigenvalue weighted by atomic mass is 16.6. The van der Waals surface area contributed by atoms with Crippen LogP contribution in [0.4, 0.5) is 4.79 Å². The Labute approximate surface area is 199 Å². The summed E-state index contributed by atoms with van der Waals surface area (Å²) in [7, 11) is 1.49. The molecular weight excluding hydrogens is 432 g/mol. The van der Waals surface area contributed by atoms with E-state index in [-0.39, 0.29) is 25.6 Å². The number of hydrogen-bond donors (Lipinski definition) is 2. The van der Waals surface area contributed by atoms with Gasteiger partial charge in [0.25, 0.3) is 0 Å². The number of ether oxygens (including phenoxy) is 2. The Balaban J connectivity index is 1.37. The molecule has 0 fully saturated rings. The number of nitrogens with one attached hydrogen (secondary N) is 2. The Kier molecular flexibility index (Phi) is 7.91. The van der Waals surface area contributed by atoms with Gasteiger partial charge in [0.15, 0.2) is 0 Å². The monoisotopic (exact) mass is 460 g/mol. The van der Waals surface area contributed by atoms with Crippen molar-refractivity contribution < 1.29 is 23.9 Å². The van der Waals surface area contributed by atoms with E-state index in [4.69, 9.17) is 14.3 Å². The summed E-state index contributed by atoms with van der Waals surface area (Å²) in [6, 6.07) is 24.8. The highest BCUT2D eigenvalue weighted by Gasteiger charge is 2.30. The number of alkyl carbamates (subject to hydrolysis) is 1.